The van der Waals surface area contributed by atoms with Crippen LogP contribution in [0.2, 0.25) is 0 Å². The Balaban J connectivity index is 1.94. The third-order valence-electron chi connectivity index (χ3n) is 3.18. The molecule has 0 radical (unpaired) electrons. The Morgan fingerprint density at radius 3 is 2.83 bits per heavy atom. The average Bonchev–Trinajstić information content (AvgIpc) is 2.41. The average molecular weight is 249 g/mol. The quantitative estimate of drug-likeness (QED) is 0.526. The second-order valence-electron chi connectivity index (χ2n) is 4.60. The zero-order valence-electron chi connectivity index (χ0n) is 10.5. The van der Waals surface area contributed by atoms with Crippen LogP contribution in [0.25, 0.3) is 0 Å². The van der Waals surface area contributed by atoms with Crippen LogP contribution < -0.4 is 16.6 Å². The molecule has 1 aromatic heterocycles. The van der Waals surface area contributed by atoms with E-state index in [0.717, 1.165) is 25.9 Å². The van der Waals surface area contributed by atoms with Gasteiger partial charge in [0.1, 0.15) is 11.5 Å². The van der Waals surface area contributed by atoms with Crippen LogP contribution in [0.4, 0.5) is 5.82 Å². The van der Waals surface area contributed by atoms with Crippen LogP contribution in [0.3, 0.4) is 0 Å². The number of nitrogen functional groups attached to an aromatic ring is 1. The summed E-state index contributed by atoms with van der Waals surface area (Å²) in [5, 5.41) is 3.01. The molecule has 6 heteroatoms. The first-order valence-corrected chi connectivity index (χ1v) is 6.12. The molecule has 0 spiro atoms. The van der Waals surface area contributed by atoms with Gasteiger partial charge in [-0.15, -0.1) is 0 Å². The van der Waals surface area contributed by atoms with Gasteiger partial charge in [-0.1, -0.05) is 6.07 Å². The number of pyridine rings is 1. The summed E-state index contributed by atoms with van der Waals surface area (Å²) in [6.07, 6.45) is 1.97. The number of nitrogens with two attached hydrogens (primary N) is 1. The summed E-state index contributed by atoms with van der Waals surface area (Å²) in [6.45, 7) is 2.03. The van der Waals surface area contributed by atoms with Gasteiger partial charge in [-0.05, 0) is 45.1 Å². The third kappa shape index (κ3) is 3.18. The molecular formula is C12H19N5O. The van der Waals surface area contributed by atoms with Crippen molar-refractivity contribution in [2.75, 3.05) is 25.6 Å². The second-order valence-corrected chi connectivity index (χ2v) is 4.60. The molecule has 1 aliphatic heterocycles. The topological polar surface area (TPSA) is 83.3 Å². The molecule has 4 N–H and O–H groups in total. The molecule has 0 atom stereocenters. The fourth-order valence-corrected chi connectivity index (χ4v) is 2.05. The lowest BCUT2D eigenvalue weighted by Crippen LogP contribution is -2.43. The molecule has 0 bridgehead atoms. The summed E-state index contributed by atoms with van der Waals surface area (Å²) in [7, 11) is 2.09. The van der Waals surface area contributed by atoms with E-state index in [1.54, 1.807) is 18.2 Å². The lowest BCUT2D eigenvalue weighted by molar-refractivity contribution is 0.0912. The van der Waals surface area contributed by atoms with Crippen LogP contribution in [0.15, 0.2) is 18.2 Å². The maximum absolute atomic E-state index is 12.0. The van der Waals surface area contributed by atoms with Gasteiger partial charge < -0.3 is 15.6 Å². The highest BCUT2D eigenvalue weighted by molar-refractivity contribution is 5.92. The van der Waals surface area contributed by atoms with Gasteiger partial charge in [0, 0.05) is 6.04 Å². The first kappa shape index (κ1) is 12.8. The number of carbonyl (C=O) groups excluding carboxylic acids is 1. The Labute approximate surface area is 107 Å². The molecule has 0 aromatic carbocycles. The number of anilines is 1. The van der Waals surface area contributed by atoms with Crippen LogP contribution in [0.1, 0.15) is 23.3 Å². The number of hydrazine groups is 1. The van der Waals surface area contributed by atoms with E-state index in [1.807, 2.05) is 0 Å². The summed E-state index contributed by atoms with van der Waals surface area (Å²) >= 11 is 0. The van der Waals surface area contributed by atoms with Crippen LogP contribution in [0.5, 0.6) is 0 Å². The lowest BCUT2D eigenvalue weighted by Gasteiger charge is -2.29. The summed E-state index contributed by atoms with van der Waals surface area (Å²) in [5.74, 6) is 5.62. The van der Waals surface area contributed by atoms with E-state index in [4.69, 9.17) is 5.84 Å². The van der Waals surface area contributed by atoms with Gasteiger partial charge in [0.2, 0.25) is 0 Å². The van der Waals surface area contributed by atoms with Crippen LogP contribution in [0, 0.1) is 0 Å². The minimum Gasteiger partial charge on any atom is -0.348 e. The predicted molar refractivity (Wildman–Crippen MR) is 70.0 cm³/mol. The highest BCUT2D eigenvalue weighted by atomic mass is 16.1. The third-order valence-corrected chi connectivity index (χ3v) is 3.18. The fraction of sp³-hybridized carbons (Fsp3) is 0.500. The maximum Gasteiger partial charge on any atom is 0.270 e. The van der Waals surface area contributed by atoms with Crippen molar-refractivity contribution in [2.45, 2.75) is 18.9 Å². The highest BCUT2D eigenvalue weighted by Crippen LogP contribution is 2.09. The van der Waals surface area contributed by atoms with E-state index in [2.05, 4.69) is 27.7 Å². The molecule has 2 heterocycles. The molecule has 0 aliphatic carbocycles. The van der Waals surface area contributed by atoms with Crippen molar-refractivity contribution in [1.82, 2.24) is 15.2 Å². The van der Waals surface area contributed by atoms with E-state index in [9.17, 15) is 4.79 Å². The van der Waals surface area contributed by atoms with Gasteiger partial charge in [-0.2, -0.15) is 0 Å². The Morgan fingerprint density at radius 2 is 2.17 bits per heavy atom. The summed E-state index contributed by atoms with van der Waals surface area (Å²) < 4.78 is 0. The number of carbonyl (C=O) groups is 1. The number of hydrogen-bond acceptors (Lipinski definition) is 5. The van der Waals surface area contributed by atoms with Crippen LogP contribution >= 0.6 is 0 Å². The minimum atomic E-state index is -0.137. The van der Waals surface area contributed by atoms with Crippen molar-refractivity contribution in [3.05, 3.63) is 23.9 Å². The number of likely N-dealkylation sites (tertiary alicyclic amines) is 1. The number of nitrogens with zero attached hydrogens (tertiary/aromatic N) is 2. The van der Waals surface area contributed by atoms with Gasteiger partial charge in [0.15, 0.2) is 0 Å². The monoisotopic (exact) mass is 249 g/mol. The zero-order valence-corrected chi connectivity index (χ0v) is 10.5. The Morgan fingerprint density at radius 1 is 1.44 bits per heavy atom. The van der Waals surface area contributed by atoms with Crippen molar-refractivity contribution >= 4 is 11.7 Å². The smallest absolute Gasteiger partial charge is 0.270 e. The molecule has 98 valence electrons. The van der Waals surface area contributed by atoms with Gasteiger partial charge in [-0.25, -0.2) is 10.8 Å². The van der Waals surface area contributed by atoms with Gasteiger partial charge in [0.05, 0.1) is 0 Å². The molecule has 2 rings (SSSR count). The number of rotatable bonds is 3. The molecule has 1 aromatic rings. The summed E-state index contributed by atoms with van der Waals surface area (Å²) in [4.78, 5) is 18.4. The van der Waals surface area contributed by atoms with E-state index < -0.39 is 0 Å². The molecule has 1 saturated heterocycles. The standard InChI is InChI=1S/C12H19N5O/c1-17-7-5-9(6-8-17)14-12(18)10-3-2-4-11(15-10)16-13/h2-4,9H,5-8,13H2,1H3,(H,14,18)(H,15,16). The molecule has 1 amide bonds. The van der Waals surface area contributed by atoms with E-state index in [1.165, 1.54) is 0 Å². The summed E-state index contributed by atoms with van der Waals surface area (Å²) in [5.41, 5.74) is 2.83. The Hall–Kier alpha value is -1.66. The molecule has 0 saturated carbocycles. The highest BCUT2D eigenvalue weighted by Gasteiger charge is 2.19. The largest absolute Gasteiger partial charge is 0.348 e. The van der Waals surface area contributed by atoms with Gasteiger partial charge in [0.25, 0.3) is 5.91 Å². The Bertz CT molecular complexity index is 415. The molecular weight excluding hydrogens is 230 g/mol. The Kier molecular flexibility index (Phi) is 4.11. The van der Waals surface area contributed by atoms with E-state index in [0.29, 0.717) is 11.5 Å². The summed E-state index contributed by atoms with van der Waals surface area (Å²) in [6, 6.07) is 5.40. The molecule has 1 aliphatic rings. The first-order valence-electron chi connectivity index (χ1n) is 6.12. The molecule has 1 fully saturated rings. The van der Waals surface area contributed by atoms with Crippen molar-refractivity contribution < 1.29 is 4.79 Å². The second kappa shape index (κ2) is 5.79. The van der Waals surface area contributed by atoms with Gasteiger partial charge in [-0.3, -0.25) is 4.79 Å². The molecule has 18 heavy (non-hydrogen) atoms. The number of hydrogen-bond donors (Lipinski definition) is 3. The number of aromatic nitrogens is 1. The van der Waals surface area contributed by atoms with Crippen molar-refractivity contribution in [3.8, 4) is 0 Å². The predicted octanol–water partition coefficient (Wildman–Crippen LogP) is 0.191. The first-order chi connectivity index (χ1) is 8.69. The number of piperidine rings is 1. The SMILES string of the molecule is CN1CCC(NC(=O)c2cccc(NN)n2)CC1. The van der Waals surface area contributed by atoms with E-state index >= 15 is 0 Å². The molecule has 0 unspecified atom stereocenters. The van der Waals surface area contributed by atoms with Crippen LogP contribution in [-0.4, -0.2) is 42.0 Å². The lowest BCUT2D eigenvalue weighted by atomic mass is 10.1. The van der Waals surface area contributed by atoms with Gasteiger partial charge >= 0.3 is 0 Å². The number of amides is 1. The zero-order chi connectivity index (χ0) is 13.0. The van der Waals surface area contributed by atoms with Crippen LogP contribution in [-0.2, 0) is 0 Å². The minimum absolute atomic E-state index is 0.137. The van der Waals surface area contributed by atoms with Crippen molar-refractivity contribution in [2.24, 2.45) is 5.84 Å². The maximum atomic E-state index is 12.0. The van der Waals surface area contributed by atoms with E-state index in [-0.39, 0.29) is 11.9 Å². The van der Waals surface area contributed by atoms with Crippen molar-refractivity contribution in [1.29, 1.82) is 0 Å². The fourth-order valence-electron chi connectivity index (χ4n) is 2.05. The number of nitrogens with one attached hydrogen (secondary N) is 2. The molecule has 6 nitrogen and oxygen atoms in total. The van der Waals surface area contributed by atoms with Crippen molar-refractivity contribution in [3.63, 3.8) is 0 Å². The normalized spacial score (nSPS) is 17.4.